The van der Waals surface area contributed by atoms with Crippen LogP contribution in [-0.2, 0) is 24.1 Å². The number of hydrogen-bond acceptors (Lipinski definition) is 5. The lowest BCUT2D eigenvalue weighted by molar-refractivity contribution is -0.0261. The minimum Gasteiger partial charge on any atom is -0.493 e. The Balaban J connectivity index is 1.45. The maximum atomic E-state index is 15.2. The molecule has 2 aromatic rings. The SMILES string of the molecule is CN1Cc2cc(Cc3cc(C(=O)N[C@H]4CCOC[C@@H]4O)c(F)c4c3OCC4)ccc2C1=O. The van der Waals surface area contributed by atoms with Gasteiger partial charge in [-0.25, -0.2) is 4.39 Å². The second-order valence-corrected chi connectivity index (χ2v) is 8.64. The summed E-state index contributed by atoms with van der Waals surface area (Å²) in [5.41, 5.74) is 3.72. The first-order valence-corrected chi connectivity index (χ1v) is 10.8. The van der Waals surface area contributed by atoms with Crippen LogP contribution in [0.25, 0.3) is 0 Å². The van der Waals surface area contributed by atoms with E-state index in [2.05, 4.69) is 5.32 Å². The fourth-order valence-electron chi connectivity index (χ4n) is 4.70. The zero-order valence-electron chi connectivity index (χ0n) is 17.8. The number of fused-ring (bicyclic) bond motifs is 2. The minimum atomic E-state index is -0.819. The Hall–Kier alpha value is -2.97. The Bertz CT molecular complexity index is 1100. The maximum absolute atomic E-state index is 15.2. The van der Waals surface area contributed by atoms with Gasteiger partial charge in [-0.3, -0.25) is 9.59 Å². The summed E-state index contributed by atoms with van der Waals surface area (Å²) in [5, 5.41) is 12.8. The molecule has 0 aliphatic carbocycles. The Morgan fingerprint density at radius 3 is 2.97 bits per heavy atom. The third kappa shape index (κ3) is 3.63. The van der Waals surface area contributed by atoms with E-state index in [0.29, 0.717) is 55.9 Å². The average molecular weight is 440 g/mol. The van der Waals surface area contributed by atoms with E-state index in [0.717, 1.165) is 16.7 Å². The van der Waals surface area contributed by atoms with Crippen molar-refractivity contribution in [3.8, 4) is 5.75 Å². The summed E-state index contributed by atoms with van der Waals surface area (Å²) >= 11 is 0. The smallest absolute Gasteiger partial charge is 0.254 e. The molecule has 168 valence electrons. The van der Waals surface area contributed by atoms with Gasteiger partial charge in [0.25, 0.3) is 11.8 Å². The molecule has 2 aromatic carbocycles. The first-order chi connectivity index (χ1) is 15.4. The molecular formula is C24H25FN2O5. The van der Waals surface area contributed by atoms with Gasteiger partial charge in [0.15, 0.2) is 0 Å². The molecule has 7 nitrogen and oxygen atoms in total. The number of rotatable bonds is 4. The van der Waals surface area contributed by atoms with Crippen LogP contribution in [0.3, 0.4) is 0 Å². The van der Waals surface area contributed by atoms with Crippen LogP contribution < -0.4 is 10.1 Å². The van der Waals surface area contributed by atoms with Crippen molar-refractivity contribution in [3.63, 3.8) is 0 Å². The molecule has 3 heterocycles. The Morgan fingerprint density at radius 2 is 2.16 bits per heavy atom. The van der Waals surface area contributed by atoms with Gasteiger partial charge < -0.3 is 24.8 Å². The number of nitrogens with zero attached hydrogens (tertiary/aromatic N) is 1. The third-order valence-corrected chi connectivity index (χ3v) is 6.42. The molecule has 2 amide bonds. The number of halogens is 1. The summed E-state index contributed by atoms with van der Waals surface area (Å²) in [6.45, 7) is 1.50. The molecule has 0 spiro atoms. The van der Waals surface area contributed by atoms with Gasteiger partial charge in [0, 0.05) is 44.2 Å². The monoisotopic (exact) mass is 440 g/mol. The van der Waals surface area contributed by atoms with E-state index in [1.165, 1.54) is 0 Å². The van der Waals surface area contributed by atoms with Crippen LogP contribution in [0.2, 0.25) is 0 Å². The van der Waals surface area contributed by atoms with Crippen LogP contribution in [0.5, 0.6) is 5.75 Å². The van der Waals surface area contributed by atoms with Gasteiger partial charge in [0.05, 0.1) is 30.9 Å². The highest BCUT2D eigenvalue weighted by molar-refractivity contribution is 5.98. The van der Waals surface area contributed by atoms with Gasteiger partial charge >= 0.3 is 0 Å². The van der Waals surface area contributed by atoms with Gasteiger partial charge in [-0.1, -0.05) is 12.1 Å². The molecule has 1 fully saturated rings. The topological polar surface area (TPSA) is 88.1 Å². The number of carbonyl (C=O) groups excluding carboxylic acids is 2. The molecule has 2 N–H and O–H groups in total. The van der Waals surface area contributed by atoms with Crippen LogP contribution >= 0.6 is 0 Å². The number of ether oxygens (including phenoxy) is 2. The standard InChI is InChI=1S/C24H25FN2O5/c1-27-11-15-9-13(2-3-16(15)24(27)30)8-14-10-18(21(25)17-4-7-32-22(14)17)23(29)26-19-5-6-31-12-20(19)28/h2-3,9-10,19-20,28H,4-8,11-12H2,1H3,(H,26,29)/t19-,20-/m0/s1. The molecule has 5 rings (SSSR count). The number of nitrogens with one attached hydrogen (secondary N) is 1. The number of carbonyl (C=O) groups is 2. The van der Waals surface area contributed by atoms with Crippen molar-refractivity contribution >= 4 is 11.8 Å². The fraction of sp³-hybridized carbons (Fsp3) is 0.417. The van der Waals surface area contributed by atoms with E-state index >= 15 is 4.39 Å². The number of aliphatic hydroxyl groups excluding tert-OH is 1. The first kappa shape index (κ1) is 20.9. The molecule has 32 heavy (non-hydrogen) atoms. The minimum absolute atomic E-state index is 0.00631. The van der Waals surface area contributed by atoms with Crippen molar-refractivity contribution in [2.75, 3.05) is 26.9 Å². The lowest BCUT2D eigenvalue weighted by Crippen LogP contribution is -2.48. The normalized spacial score (nSPS) is 21.8. The molecule has 0 aromatic heterocycles. The molecule has 3 aliphatic rings. The van der Waals surface area contributed by atoms with Crippen molar-refractivity contribution in [2.45, 2.75) is 38.0 Å². The van der Waals surface area contributed by atoms with Crippen LogP contribution in [-0.4, -0.2) is 60.8 Å². The molecule has 2 atom stereocenters. The van der Waals surface area contributed by atoms with Crippen LogP contribution in [0.4, 0.5) is 4.39 Å². The van der Waals surface area contributed by atoms with E-state index in [4.69, 9.17) is 9.47 Å². The van der Waals surface area contributed by atoms with Gasteiger partial charge in [-0.15, -0.1) is 0 Å². The molecule has 0 bridgehead atoms. The average Bonchev–Trinajstić information content (AvgIpc) is 3.37. The summed E-state index contributed by atoms with van der Waals surface area (Å²) in [7, 11) is 1.77. The van der Waals surface area contributed by atoms with E-state index in [1.807, 2.05) is 18.2 Å². The predicted octanol–water partition coefficient (Wildman–Crippen LogP) is 1.82. The van der Waals surface area contributed by atoms with Gasteiger partial charge in [0.1, 0.15) is 11.6 Å². The largest absolute Gasteiger partial charge is 0.493 e. The van der Waals surface area contributed by atoms with E-state index < -0.39 is 23.9 Å². The van der Waals surface area contributed by atoms with Crippen molar-refractivity contribution in [1.82, 2.24) is 10.2 Å². The van der Waals surface area contributed by atoms with Crippen molar-refractivity contribution < 1.29 is 28.6 Å². The molecule has 1 saturated heterocycles. The summed E-state index contributed by atoms with van der Waals surface area (Å²) in [5.74, 6) is -0.613. The lowest BCUT2D eigenvalue weighted by Gasteiger charge is -2.28. The zero-order valence-corrected chi connectivity index (χ0v) is 17.8. The summed E-state index contributed by atoms with van der Waals surface area (Å²) in [4.78, 5) is 26.7. The maximum Gasteiger partial charge on any atom is 0.254 e. The Morgan fingerprint density at radius 1 is 1.31 bits per heavy atom. The molecule has 0 saturated carbocycles. The molecule has 0 radical (unpaired) electrons. The molecular weight excluding hydrogens is 415 g/mol. The van der Waals surface area contributed by atoms with Crippen molar-refractivity contribution in [2.24, 2.45) is 0 Å². The molecule has 3 aliphatic heterocycles. The summed E-state index contributed by atoms with van der Waals surface area (Å²) in [6.07, 6.45) is 0.505. The van der Waals surface area contributed by atoms with E-state index in [-0.39, 0.29) is 18.1 Å². The molecule has 8 heteroatoms. The Labute approximate surface area is 185 Å². The lowest BCUT2D eigenvalue weighted by atomic mass is 9.95. The van der Waals surface area contributed by atoms with Crippen LogP contribution in [0, 0.1) is 5.82 Å². The van der Waals surface area contributed by atoms with Gasteiger partial charge in [-0.2, -0.15) is 0 Å². The van der Waals surface area contributed by atoms with Crippen molar-refractivity contribution in [1.29, 1.82) is 0 Å². The fourth-order valence-corrected chi connectivity index (χ4v) is 4.70. The number of aliphatic hydroxyl groups is 1. The van der Waals surface area contributed by atoms with Crippen LogP contribution in [0.1, 0.15) is 49.4 Å². The van der Waals surface area contributed by atoms with E-state index in [1.54, 1.807) is 18.0 Å². The third-order valence-electron chi connectivity index (χ3n) is 6.42. The Kier molecular flexibility index (Phi) is 5.35. The van der Waals surface area contributed by atoms with Gasteiger partial charge in [-0.05, 0) is 35.2 Å². The second-order valence-electron chi connectivity index (χ2n) is 8.64. The van der Waals surface area contributed by atoms with Crippen molar-refractivity contribution in [3.05, 3.63) is 63.5 Å². The summed E-state index contributed by atoms with van der Waals surface area (Å²) in [6, 6.07) is 6.76. The first-order valence-electron chi connectivity index (χ1n) is 10.8. The second kappa shape index (κ2) is 8.18. The van der Waals surface area contributed by atoms with E-state index in [9.17, 15) is 14.7 Å². The highest BCUT2D eigenvalue weighted by atomic mass is 19.1. The number of amides is 2. The highest BCUT2D eigenvalue weighted by Gasteiger charge is 2.30. The predicted molar refractivity (Wildman–Crippen MR) is 113 cm³/mol. The summed E-state index contributed by atoms with van der Waals surface area (Å²) < 4.78 is 26.1. The van der Waals surface area contributed by atoms with Gasteiger partial charge in [0.2, 0.25) is 0 Å². The quantitative estimate of drug-likeness (QED) is 0.757. The number of benzene rings is 2. The highest BCUT2D eigenvalue weighted by Crippen LogP contribution is 2.36. The molecule has 0 unspecified atom stereocenters. The zero-order chi connectivity index (χ0) is 22.4. The number of hydrogen-bond donors (Lipinski definition) is 2. The van der Waals surface area contributed by atoms with Crippen LogP contribution in [0.15, 0.2) is 24.3 Å².